The van der Waals surface area contributed by atoms with Crippen LogP contribution in [0.5, 0.6) is 0 Å². The molecule has 1 aliphatic heterocycles. The number of carbonyl (C=O) groups is 1. The quantitative estimate of drug-likeness (QED) is 0.911. The maximum Gasteiger partial charge on any atom is 0.254 e. The number of hydrogen-bond donors (Lipinski definition) is 1. The minimum Gasteiger partial charge on any atom is -0.374 e. The Hall–Kier alpha value is -0.620. The molecular weight excluding hydrogens is 332 g/mol. The van der Waals surface area contributed by atoms with Gasteiger partial charge in [0.15, 0.2) is 0 Å². The van der Waals surface area contributed by atoms with Crippen molar-refractivity contribution >= 4 is 33.4 Å². The van der Waals surface area contributed by atoms with Crippen LogP contribution in [0, 0.1) is 0 Å². The van der Waals surface area contributed by atoms with Crippen molar-refractivity contribution in [2.24, 2.45) is 0 Å². The molecule has 1 aliphatic rings. The van der Waals surface area contributed by atoms with Crippen LogP contribution in [0.4, 0.5) is 0 Å². The van der Waals surface area contributed by atoms with Gasteiger partial charge in [0.1, 0.15) is 0 Å². The van der Waals surface area contributed by atoms with Gasteiger partial charge in [-0.3, -0.25) is 4.79 Å². The van der Waals surface area contributed by atoms with Crippen LogP contribution < -0.4 is 5.32 Å². The van der Waals surface area contributed by atoms with Crippen molar-refractivity contribution in [3.8, 4) is 0 Å². The minimum atomic E-state index is -0.0662. The van der Waals surface area contributed by atoms with E-state index in [0.717, 1.165) is 17.6 Å². The average Bonchev–Trinajstić information content (AvgIpc) is 2.42. The van der Waals surface area contributed by atoms with Gasteiger partial charge in [-0.25, -0.2) is 0 Å². The van der Waals surface area contributed by atoms with Gasteiger partial charge in [-0.05, 0) is 34.1 Å². The first kappa shape index (κ1) is 14.8. The van der Waals surface area contributed by atoms with E-state index in [4.69, 9.17) is 16.3 Å². The molecule has 1 atom stereocenters. The number of amides is 1. The lowest BCUT2D eigenvalue weighted by atomic mass is 10.2. The van der Waals surface area contributed by atoms with Gasteiger partial charge in [0.2, 0.25) is 0 Å². The summed E-state index contributed by atoms with van der Waals surface area (Å²) in [4.78, 5) is 14.0. The molecule has 0 bridgehead atoms. The van der Waals surface area contributed by atoms with Crippen molar-refractivity contribution in [3.63, 3.8) is 0 Å². The summed E-state index contributed by atoms with van der Waals surface area (Å²) in [5, 5.41) is 3.80. The van der Waals surface area contributed by atoms with E-state index in [1.54, 1.807) is 30.1 Å². The molecule has 0 radical (unpaired) electrons. The highest BCUT2D eigenvalue weighted by molar-refractivity contribution is 9.10. The Morgan fingerprint density at radius 3 is 3.11 bits per heavy atom. The fourth-order valence-corrected chi connectivity index (χ4v) is 2.58. The minimum absolute atomic E-state index is 0.0423. The number of likely N-dealkylation sites (N-methyl/N-ethyl adjacent to an activating group) is 1. The number of nitrogens with one attached hydrogen (secondary N) is 1. The van der Waals surface area contributed by atoms with E-state index in [1.165, 1.54) is 0 Å². The van der Waals surface area contributed by atoms with Gasteiger partial charge >= 0.3 is 0 Å². The SMILES string of the molecule is CN(CC1CNCCO1)C(=O)c1cc(Cl)ccc1Br. The van der Waals surface area contributed by atoms with E-state index >= 15 is 0 Å². The Bertz CT molecular complexity index is 464. The zero-order valence-corrected chi connectivity index (χ0v) is 13.0. The molecular formula is C13H16BrClN2O2. The zero-order chi connectivity index (χ0) is 13.8. The summed E-state index contributed by atoms with van der Waals surface area (Å²) in [5.74, 6) is -0.0662. The summed E-state index contributed by atoms with van der Waals surface area (Å²) in [6, 6.07) is 5.20. The molecule has 1 saturated heterocycles. The van der Waals surface area contributed by atoms with Crippen molar-refractivity contribution in [3.05, 3.63) is 33.3 Å². The molecule has 1 unspecified atom stereocenters. The first-order valence-corrected chi connectivity index (χ1v) is 7.28. The lowest BCUT2D eigenvalue weighted by molar-refractivity contribution is 0.0103. The number of morpholine rings is 1. The number of nitrogens with zero attached hydrogens (tertiary/aromatic N) is 1. The highest BCUT2D eigenvalue weighted by Gasteiger charge is 2.21. The van der Waals surface area contributed by atoms with Crippen LogP contribution in [0.15, 0.2) is 22.7 Å². The smallest absolute Gasteiger partial charge is 0.254 e. The van der Waals surface area contributed by atoms with E-state index in [-0.39, 0.29) is 12.0 Å². The highest BCUT2D eigenvalue weighted by Crippen LogP contribution is 2.22. The van der Waals surface area contributed by atoms with Crippen LogP contribution in [-0.4, -0.2) is 50.2 Å². The van der Waals surface area contributed by atoms with E-state index in [0.29, 0.717) is 23.7 Å². The number of halogens is 2. The summed E-state index contributed by atoms with van der Waals surface area (Å²) in [6.45, 7) is 2.89. The second-order valence-electron chi connectivity index (χ2n) is 4.51. The monoisotopic (exact) mass is 346 g/mol. The van der Waals surface area contributed by atoms with Gasteiger partial charge in [0, 0.05) is 36.2 Å². The molecule has 0 aromatic heterocycles. The van der Waals surface area contributed by atoms with Crippen LogP contribution in [0.3, 0.4) is 0 Å². The van der Waals surface area contributed by atoms with Crippen molar-refractivity contribution in [1.82, 2.24) is 10.2 Å². The molecule has 1 aromatic rings. The van der Waals surface area contributed by atoms with E-state index in [9.17, 15) is 4.79 Å². The maximum absolute atomic E-state index is 12.4. The molecule has 1 fully saturated rings. The number of hydrogen-bond acceptors (Lipinski definition) is 3. The van der Waals surface area contributed by atoms with E-state index < -0.39 is 0 Å². The van der Waals surface area contributed by atoms with Gasteiger partial charge < -0.3 is 15.0 Å². The van der Waals surface area contributed by atoms with Crippen LogP contribution in [-0.2, 0) is 4.74 Å². The van der Waals surface area contributed by atoms with Crippen LogP contribution in [0.2, 0.25) is 5.02 Å². The topological polar surface area (TPSA) is 41.6 Å². The Morgan fingerprint density at radius 2 is 2.42 bits per heavy atom. The van der Waals surface area contributed by atoms with Gasteiger partial charge in [-0.15, -0.1) is 0 Å². The van der Waals surface area contributed by atoms with E-state index in [1.807, 2.05) is 0 Å². The summed E-state index contributed by atoms with van der Waals surface area (Å²) in [5.41, 5.74) is 0.568. The molecule has 1 N–H and O–H groups in total. The molecule has 1 heterocycles. The first-order chi connectivity index (χ1) is 9.08. The Labute approximate surface area is 126 Å². The highest BCUT2D eigenvalue weighted by atomic mass is 79.9. The third-order valence-corrected chi connectivity index (χ3v) is 3.91. The van der Waals surface area contributed by atoms with Crippen molar-refractivity contribution < 1.29 is 9.53 Å². The molecule has 0 spiro atoms. The third kappa shape index (κ3) is 3.92. The van der Waals surface area contributed by atoms with E-state index in [2.05, 4.69) is 21.2 Å². The normalized spacial score (nSPS) is 19.2. The van der Waals surface area contributed by atoms with Crippen LogP contribution >= 0.6 is 27.5 Å². The lowest BCUT2D eigenvalue weighted by Crippen LogP contribution is -2.45. The first-order valence-electron chi connectivity index (χ1n) is 6.11. The fourth-order valence-electron chi connectivity index (χ4n) is 1.99. The standard InChI is InChI=1S/C13H16BrClN2O2/c1-17(8-10-7-16-4-5-19-10)13(18)11-6-9(15)2-3-12(11)14/h2-3,6,10,16H,4-5,7-8H2,1H3. The molecule has 4 nitrogen and oxygen atoms in total. The number of benzene rings is 1. The number of rotatable bonds is 3. The maximum atomic E-state index is 12.4. The molecule has 1 amide bonds. The zero-order valence-electron chi connectivity index (χ0n) is 10.7. The Balaban J connectivity index is 2.03. The molecule has 6 heteroatoms. The predicted octanol–water partition coefficient (Wildman–Crippen LogP) is 2.16. The second-order valence-corrected chi connectivity index (χ2v) is 5.80. The Kier molecular flexibility index (Phi) is 5.21. The van der Waals surface area contributed by atoms with Gasteiger partial charge in [-0.1, -0.05) is 11.6 Å². The second kappa shape index (κ2) is 6.70. The molecule has 2 rings (SSSR count). The van der Waals surface area contributed by atoms with Crippen molar-refractivity contribution in [2.75, 3.05) is 33.3 Å². The van der Waals surface area contributed by atoms with Gasteiger partial charge in [0.05, 0.1) is 18.3 Å². The van der Waals surface area contributed by atoms with Gasteiger partial charge in [-0.2, -0.15) is 0 Å². The fraction of sp³-hybridized carbons (Fsp3) is 0.462. The number of carbonyl (C=O) groups excluding carboxylic acids is 1. The van der Waals surface area contributed by atoms with Gasteiger partial charge in [0.25, 0.3) is 5.91 Å². The van der Waals surface area contributed by atoms with Crippen molar-refractivity contribution in [1.29, 1.82) is 0 Å². The largest absolute Gasteiger partial charge is 0.374 e. The molecule has 0 saturated carbocycles. The van der Waals surface area contributed by atoms with Crippen molar-refractivity contribution in [2.45, 2.75) is 6.10 Å². The Morgan fingerprint density at radius 1 is 1.63 bits per heavy atom. The number of ether oxygens (including phenoxy) is 1. The average molecular weight is 348 g/mol. The van der Waals surface area contributed by atoms with Crippen LogP contribution in [0.25, 0.3) is 0 Å². The molecule has 104 valence electrons. The molecule has 0 aliphatic carbocycles. The van der Waals surface area contributed by atoms with Crippen LogP contribution in [0.1, 0.15) is 10.4 Å². The third-order valence-electron chi connectivity index (χ3n) is 2.99. The summed E-state index contributed by atoms with van der Waals surface area (Å²) in [7, 11) is 1.77. The summed E-state index contributed by atoms with van der Waals surface area (Å²) in [6.07, 6.45) is 0.0423. The lowest BCUT2D eigenvalue weighted by Gasteiger charge is -2.28. The summed E-state index contributed by atoms with van der Waals surface area (Å²) < 4.78 is 6.34. The molecule has 19 heavy (non-hydrogen) atoms. The summed E-state index contributed by atoms with van der Waals surface area (Å²) >= 11 is 9.31. The predicted molar refractivity (Wildman–Crippen MR) is 78.7 cm³/mol. The molecule has 1 aromatic carbocycles.